The standard InChI is InChI=1S/C14H16FO/c1-2-3-4-5-7-11-10-16-14-12(11)8-6-9-13(14)15/h6,8-10H,1-5,7H2. The van der Waals surface area contributed by atoms with E-state index in [9.17, 15) is 4.39 Å². The van der Waals surface area contributed by atoms with Crippen LogP contribution in [0.3, 0.4) is 0 Å². The molecule has 0 aliphatic heterocycles. The van der Waals surface area contributed by atoms with Crippen LogP contribution in [0.1, 0.15) is 31.2 Å². The molecule has 0 bridgehead atoms. The first-order chi connectivity index (χ1) is 7.83. The lowest BCUT2D eigenvalue weighted by Gasteiger charge is -1.98. The lowest BCUT2D eigenvalue weighted by Crippen LogP contribution is -1.84. The van der Waals surface area contributed by atoms with E-state index in [2.05, 4.69) is 6.92 Å². The average molecular weight is 219 g/mol. The maximum absolute atomic E-state index is 13.3. The highest BCUT2D eigenvalue weighted by Crippen LogP contribution is 2.24. The molecule has 0 amide bonds. The molecule has 1 heterocycles. The van der Waals surface area contributed by atoms with Crippen molar-refractivity contribution in [3.63, 3.8) is 0 Å². The van der Waals surface area contributed by atoms with Crippen LogP contribution in [0.4, 0.5) is 4.39 Å². The smallest absolute Gasteiger partial charge is 0.169 e. The van der Waals surface area contributed by atoms with E-state index in [1.54, 1.807) is 12.3 Å². The normalized spacial score (nSPS) is 11.1. The molecule has 0 fully saturated rings. The Kier molecular flexibility index (Phi) is 3.60. The second-order valence-electron chi connectivity index (χ2n) is 4.04. The fourth-order valence-electron chi connectivity index (χ4n) is 1.94. The monoisotopic (exact) mass is 219 g/mol. The van der Waals surface area contributed by atoms with Gasteiger partial charge in [-0.1, -0.05) is 38.3 Å². The first kappa shape index (κ1) is 11.2. The summed E-state index contributed by atoms with van der Waals surface area (Å²) < 4.78 is 18.6. The molecule has 0 N–H and O–H groups in total. The number of halogens is 1. The van der Waals surface area contributed by atoms with Crippen LogP contribution in [0.25, 0.3) is 11.0 Å². The zero-order valence-corrected chi connectivity index (χ0v) is 9.34. The largest absolute Gasteiger partial charge is 0.461 e. The van der Waals surface area contributed by atoms with Crippen LogP contribution in [-0.2, 0) is 6.42 Å². The van der Waals surface area contributed by atoms with Crippen molar-refractivity contribution in [1.82, 2.24) is 0 Å². The first-order valence-electron chi connectivity index (χ1n) is 5.77. The van der Waals surface area contributed by atoms with Gasteiger partial charge in [0.1, 0.15) is 0 Å². The number of para-hydroxylation sites is 1. The number of rotatable bonds is 5. The fourth-order valence-corrected chi connectivity index (χ4v) is 1.94. The van der Waals surface area contributed by atoms with Gasteiger partial charge in [0.2, 0.25) is 0 Å². The predicted octanol–water partition coefficient (Wildman–Crippen LogP) is 4.51. The number of unbranched alkanes of at least 4 members (excludes halogenated alkanes) is 3. The quantitative estimate of drug-likeness (QED) is 0.674. The third-order valence-electron chi connectivity index (χ3n) is 2.83. The van der Waals surface area contributed by atoms with Crippen LogP contribution < -0.4 is 0 Å². The molecule has 0 aliphatic rings. The Labute approximate surface area is 95.3 Å². The molecule has 0 unspecified atom stereocenters. The van der Waals surface area contributed by atoms with Crippen molar-refractivity contribution in [2.75, 3.05) is 0 Å². The van der Waals surface area contributed by atoms with E-state index in [0.29, 0.717) is 5.58 Å². The van der Waals surface area contributed by atoms with Crippen LogP contribution in [0.5, 0.6) is 0 Å². The summed E-state index contributed by atoms with van der Waals surface area (Å²) in [7, 11) is 0. The summed E-state index contributed by atoms with van der Waals surface area (Å²) in [5.41, 5.74) is 1.49. The van der Waals surface area contributed by atoms with E-state index >= 15 is 0 Å². The van der Waals surface area contributed by atoms with Crippen molar-refractivity contribution in [3.05, 3.63) is 42.8 Å². The van der Waals surface area contributed by atoms with Gasteiger partial charge in [-0.2, -0.15) is 0 Å². The summed E-state index contributed by atoms with van der Waals surface area (Å²) >= 11 is 0. The third-order valence-corrected chi connectivity index (χ3v) is 2.83. The highest BCUT2D eigenvalue weighted by atomic mass is 19.1. The summed E-state index contributed by atoms with van der Waals surface area (Å²) in [6.07, 6.45) is 7.06. The molecule has 2 heteroatoms. The molecule has 0 atom stereocenters. The Morgan fingerprint density at radius 3 is 2.88 bits per heavy atom. The zero-order valence-electron chi connectivity index (χ0n) is 9.34. The van der Waals surface area contributed by atoms with Crippen LogP contribution in [0, 0.1) is 12.7 Å². The van der Waals surface area contributed by atoms with Crippen molar-refractivity contribution < 1.29 is 8.81 Å². The molecule has 0 spiro atoms. The Balaban J connectivity index is 2.10. The summed E-state index contributed by atoms with van der Waals surface area (Å²) in [4.78, 5) is 0. The van der Waals surface area contributed by atoms with Crippen molar-refractivity contribution in [1.29, 1.82) is 0 Å². The van der Waals surface area contributed by atoms with Gasteiger partial charge in [0, 0.05) is 5.39 Å². The van der Waals surface area contributed by atoms with Gasteiger partial charge >= 0.3 is 0 Å². The van der Waals surface area contributed by atoms with Crippen molar-refractivity contribution in [3.8, 4) is 0 Å². The molecule has 0 saturated carbocycles. The summed E-state index contributed by atoms with van der Waals surface area (Å²) in [5.74, 6) is -0.276. The maximum atomic E-state index is 13.3. The van der Waals surface area contributed by atoms with Gasteiger partial charge in [-0.05, 0) is 24.5 Å². The lowest BCUT2D eigenvalue weighted by molar-refractivity contribution is 0.557. The molecule has 1 nitrogen and oxygen atoms in total. The molecule has 16 heavy (non-hydrogen) atoms. The second kappa shape index (κ2) is 5.15. The average Bonchev–Trinajstić information content (AvgIpc) is 2.70. The van der Waals surface area contributed by atoms with Gasteiger partial charge in [-0.3, -0.25) is 0 Å². The summed E-state index contributed by atoms with van der Waals surface area (Å²) in [5, 5.41) is 0.912. The summed E-state index contributed by atoms with van der Waals surface area (Å²) in [6.45, 7) is 3.81. The van der Waals surface area contributed by atoms with Crippen molar-refractivity contribution in [2.45, 2.75) is 32.1 Å². The minimum Gasteiger partial charge on any atom is -0.461 e. The van der Waals surface area contributed by atoms with Crippen molar-refractivity contribution >= 4 is 11.0 Å². The molecule has 0 saturated heterocycles. The molecule has 2 rings (SSSR count). The minimum atomic E-state index is -0.276. The van der Waals surface area contributed by atoms with Crippen LogP contribution in [0.2, 0.25) is 0 Å². The Morgan fingerprint density at radius 1 is 1.19 bits per heavy atom. The molecule has 0 aliphatic carbocycles. The van der Waals surface area contributed by atoms with Gasteiger partial charge in [0.15, 0.2) is 11.4 Å². The highest BCUT2D eigenvalue weighted by molar-refractivity contribution is 5.81. The molecule has 85 valence electrons. The van der Waals surface area contributed by atoms with E-state index < -0.39 is 0 Å². The van der Waals surface area contributed by atoms with Gasteiger partial charge < -0.3 is 4.42 Å². The molecule has 1 aromatic heterocycles. The first-order valence-corrected chi connectivity index (χ1v) is 5.77. The number of aryl methyl sites for hydroxylation is 1. The number of hydrogen-bond donors (Lipinski definition) is 0. The Hall–Kier alpha value is -1.31. The minimum absolute atomic E-state index is 0.276. The van der Waals surface area contributed by atoms with Gasteiger partial charge in [0.05, 0.1) is 6.26 Å². The Morgan fingerprint density at radius 2 is 2.06 bits per heavy atom. The number of hydrogen-bond acceptors (Lipinski definition) is 1. The Bertz CT molecular complexity index is 459. The zero-order chi connectivity index (χ0) is 11.4. The molecular weight excluding hydrogens is 203 g/mol. The van der Waals surface area contributed by atoms with E-state index in [-0.39, 0.29) is 5.82 Å². The van der Waals surface area contributed by atoms with E-state index in [0.717, 1.165) is 36.6 Å². The van der Waals surface area contributed by atoms with Gasteiger partial charge in [-0.15, -0.1) is 0 Å². The third kappa shape index (κ3) is 2.26. The SMILES string of the molecule is [CH2]CCCCCc1coc2c(F)cccc12. The molecule has 1 radical (unpaired) electrons. The van der Waals surface area contributed by atoms with Crippen LogP contribution in [-0.4, -0.2) is 0 Å². The number of fused-ring (bicyclic) bond motifs is 1. The second-order valence-corrected chi connectivity index (χ2v) is 4.04. The maximum Gasteiger partial charge on any atom is 0.169 e. The van der Waals surface area contributed by atoms with E-state index in [1.807, 2.05) is 6.07 Å². The van der Waals surface area contributed by atoms with Crippen LogP contribution in [0.15, 0.2) is 28.9 Å². The van der Waals surface area contributed by atoms with E-state index in [1.165, 1.54) is 12.5 Å². The van der Waals surface area contributed by atoms with Crippen LogP contribution >= 0.6 is 0 Å². The molecule has 1 aromatic carbocycles. The molecule has 2 aromatic rings. The number of benzene rings is 1. The highest BCUT2D eigenvalue weighted by Gasteiger charge is 2.08. The van der Waals surface area contributed by atoms with Crippen molar-refractivity contribution in [2.24, 2.45) is 0 Å². The predicted molar refractivity (Wildman–Crippen MR) is 63.7 cm³/mol. The summed E-state index contributed by atoms with van der Waals surface area (Å²) in [6, 6.07) is 5.07. The molecular formula is C14H16FO. The van der Waals surface area contributed by atoms with E-state index in [4.69, 9.17) is 4.42 Å². The number of furan rings is 1. The fraction of sp³-hybridized carbons (Fsp3) is 0.357. The van der Waals surface area contributed by atoms with Gasteiger partial charge in [-0.25, -0.2) is 4.39 Å². The lowest BCUT2D eigenvalue weighted by atomic mass is 10.1. The van der Waals surface area contributed by atoms with Gasteiger partial charge in [0.25, 0.3) is 0 Å². The topological polar surface area (TPSA) is 13.1 Å².